The molecule has 114 valence electrons. The molecule has 7 rings (SSSR count). The van der Waals surface area contributed by atoms with Crippen molar-refractivity contribution in [3.05, 3.63) is 64.7 Å². The van der Waals surface area contributed by atoms with Gasteiger partial charge in [0.05, 0.1) is 0 Å². The molecule has 0 radical (unpaired) electrons. The number of hydrogen-bond acceptors (Lipinski definition) is 0. The average molecular weight is 306 g/mol. The molecule has 0 heteroatoms. The Hall–Kier alpha value is -2.34. The van der Waals surface area contributed by atoms with E-state index in [9.17, 15) is 0 Å². The Kier molecular flexibility index (Phi) is 1.93. The van der Waals surface area contributed by atoms with Crippen LogP contribution in [0.1, 0.15) is 47.4 Å². The maximum absolute atomic E-state index is 2.57. The predicted octanol–water partition coefficient (Wildman–Crippen LogP) is 6.35. The van der Waals surface area contributed by atoms with E-state index in [0.717, 1.165) is 5.92 Å². The van der Waals surface area contributed by atoms with E-state index in [1.165, 1.54) is 42.9 Å². The Balaban J connectivity index is 1.93. The Morgan fingerprint density at radius 1 is 0.667 bits per heavy atom. The van der Waals surface area contributed by atoms with E-state index in [1.54, 1.807) is 49.4 Å². The molecular formula is C24H18. The molecule has 1 unspecified atom stereocenters. The highest BCUT2D eigenvalue weighted by Crippen LogP contribution is 2.54. The van der Waals surface area contributed by atoms with Crippen LogP contribution in [0.2, 0.25) is 0 Å². The van der Waals surface area contributed by atoms with E-state index in [-0.39, 0.29) is 0 Å². The van der Waals surface area contributed by atoms with Gasteiger partial charge in [0.2, 0.25) is 0 Å². The van der Waals surface area contributed by atoms with E-state index in [1.807, 2.05) is 0 Å². The number of rotatable bonds is 0. The van der Waals surface area contributed by atoms with Crippen LogP contribution >= 0.6 is 0 Å². The standard InChI is InChI=1S/C24H18/c1-2-14-5-6-16-9-11-18-12-10-17-8-7-15-4-3-13(1)19-20(14)22(16)24(18)23(17)21(15)19/h1-6,10,18H,7-9,11-12H2. The Morgan fingerprint density at radius 3 is 2.21 bits per heavy atom. The molecule has 0 amide bonds. The number of allylic oxidation sites excluding steroid dienone is 2. The summed E-state index contributed by atoms with van der Waals surface area (Å²) in [6.07, 6.45) is 8.86. The highest BCUT2D eigenvalue weighted by molar-refractivity contribution is 6.28. The second-order valence-corrected chi connectivity index (χ2v) is 7.95. The molecule has 4 aromatic carbocycles. The number of benzene rings is 4. The summed E-state index contributed by atoms with van der Waals surface area (Å²) in [5.41, 5.74) is 8.17. The first-order valence-corrected chi connectivity index (χ1v) is 9.34. The van der Waals surface area contributed by atoms with E-state index in [4.69, 9.17) is 0 Å². The lowest BCUT2D eigenvalue weighted by atomic mass is 9.67. The van der Waals surface area contributed by atoms with E-state index in [0.29, 0.717) is 0 Å². The van der Waals surface area contributed by atoms with Gasteiger partial charge in [-0.2, -0.15) is 0 Å². The number of hydrogen-bond donors (Lipinski definition) is 0. The summed E-state index contributed by atoms with van der Waals surface area (Å²) in [5, 5.41) is 9.20. The van der Waals surface area contributed by atoms with Crippen LogP contribution in [0.4, 0.5) is 0 Å². The van der Waals surface area contributed by atoms with E-state index < -0.39 is 0 Å². The van der Waals surface area contributed by atoms with Crippen LogP contribution in [0, 0.1) is 0 Å². The molecule has 0 spiro atoms. The van der Waals surface area contributed by atoms with Gasteiger partial charge in [0.25, 0.3) is 0 Å². The van der Waals surface area contributed by atoms with Gasteiger partial charge < -0.3 is 0 Å². The fourth-order valence-corrected chi connectivity index (χ4v) is 5.92. The second-order valence-electron chi connectivity index (χ2n) is 7.95. The van der Waals surface area contributed by atoms with Crippen LogP contribution in [-0.2, 0) is 12.8 Å². The van der Waals surface area contributed by atoms with Gasteiger partial charge in [-0.25, -0.2) is 0 Å². The normalized spacial score (nSPS) is 21.2. The summed E-state index contributed by atoms with van der Waals surface area (Å²) in [7, 11) is 0. The van der Waals surface area contributed by atoms with Crippen molar-refractivity contribution in [3.63, 3.8) is 0 Å². The molecular weight excluding hydrogens is 288 g/mol. The third kappa shape index (κ3) is 1.20. The van der Waals surface area contributed by atoms with Crippen molar-refractivity contribution < 1.29 is 0 Å². The molecule has 1 atom stereocenters. The lowest BCUT2D eigenvalue weighted by Crippen LogP contribution is -2.17. The van der Waals surface area contributed by atoms with Crippen LogP contribution in [0.25, 0.3) is 37.9 Å². The summed E-state index contributed by atoms with van der Waals surface area (Å²) in [6, 6.07) is 14.2. The van der Waals surface area contributed by atoms with Gasteiger partial charge in [0.1, 0.15) is 0 Å². The Bertz CT molecular complexity index is 1220. The summed E-state index contributed by atoms with van der Waals surface area (Å²) >= 11 is 0. The fourth-order valence-electron chi connectivity index (χ4n) is 5.92. The second kappa shape index (κ2) is 3.83. The smallest absolute Gasteiger partial charge is 0.00176 e. The lowest BCUT2D eigenvalue weighted by molar-refractivity contribution is 0.616. The zero-order valence-electron chi connectivity index (χ0n) is 13.7. The van der Waals surface area contributed by atoms with E-state index >= 15 is 0 Å². The third-order valence-corrected chi connectivity index (χ3v) is 6.93. The van der Waals surface area contributed by atoms with Gasteiger partial charge in [-0.1, -0.05) is 42.5 Å². The number of aryl methyl sites for hydroxylation is 2. The van der Waals surface area contributed by atoms with Gasteiger partial charge in [-0.3, -0.25) is 0 Å². The van der Waals surface area contributed by atoms with Gasteiger partial charge in [-0.05, 0) is 98.2 Å². The predicted molar refractivity (Wildman–Crippen MR) is 102 cm³/mol. The lowest BCUT2D eigenvalue weighted by Gasteiger charge is -2.36. The average Bonchev–Trinajstić information content (AvgIpc) is 2.65. The molecule has 3 aliphatic carbocycles. The van der Waals surface area contributed by atoms with Gasteiger partial charge in [0, 0.05) is 0 Å². The molecule has 0 aliphatic heterocycles. The van der Waals surface area contributed by atoms with E-state index in [2.05, 4.69) is 42.5 Å². The van der Waals surface area contributed by atoms with Crippen LogP contribution in [-0.4, -0.2) is 0 Å². The summed E-state index contributed by atoms with van der Waals surface area (Å²) in [4.78, 5) is 0. The Morgan fingerprint density at radius 2 is 1.38 bits per heavy atom. The van der Waals surface area contributed by atoms with Crippen LogP contribution in [0.15, 0.2) is 42.5 Å². The molecule has 0 N–H and O–H groups in total. The minimum Gasteiger partial charge on any atom is -0.0801 e. The summed E-state index contributed by atoms with van der Waals surface area (Å²) in [5.74, 6) is 0.747. The summed E-state index contributed by atoms with van der Waals surface area (Å²) in [6.45, 7) is 0. The van der Waals surface area contributed by atoms with Crippen molar-refractivity contribution in [1.82, 2.24) is 0 Å². The first-order valence-electron chi connectivity index (χ1n) is 9.34. The molecule has 0 heterocycles. The van der Waals surface area contributed by atoms with Crippen molar-refractivity contribution in [2.45, 2.75) is 38.0 Å². The van der Waals surface area contributed by atoms with Gasteiger partial charge in [-0.15, -0.1) is 0 Å². The van der Waals surface area contributed by atoms with Crippen molar-refractivity contribution in [1.29, 1.82) is 0 Å². The van der Waals surface area contributed by atoms with Gasteiger partial charge in [0.15, 0.2) is 0 Å². The van der Waals surface area contributed by atoms with Crippen LogP contribution in [0.3, 0.4) is 0 Å². The van der Waals surface area contributed by atoms with Gasteiger partial charge >= 0.3 is 0 Å². The monoisotopic (exact) mass is 306 g/mol. The first-order chi connectivity index (χ1) is 11.9. The minimum atomic E-state index is 0.747. The molecule has 0 bridgehead atoms. The maximum Gasteiger partial charge on any atom is -0.00176 e. The molecule has 24 heavy (non-hydrogen) atoms. The van der Waals surface area contributed by atoms with Crippen molar-refractivity contribution in [3.8, 4) is 0 Å². The zero-order chi connectivity index (χ0) is 15.4. The third-order valence-electron chi connectivity index (χ3n) is 6.93. The summed E-state index contributed by atoms with van der Waals surface area (Å²) < 4.78 is 0. The fraction of sp³-hybridized carbons (Fsp3) is 0.250. The van der Waals surface area contributed by atoms with Crippen molar-refractivity contribution in [2.24, 2.45) is 0 Å². The molecule has 0 nitrogen and oxygen atoms in total. The zero-order valence-corrected chi connectivity index (χ0v) is 13.7. The molecule has 3 aliphatic rings. The molecule has 0 fully saturated rings. The Labute approximate surface area is 141 Å². The topological polar surface area (TPSA) is 0 Å². The quantitative estimate of drug-likeness (QED) is 0.332. The van der Waals surface area contributed by atoms with Crippen molar-refractivity contribution >= 4 is 37.9 Å². The van der Waals surface area contributed by atoms with Crippen LogP contribution in [0.5, 0.6) is 0 Å². The molecule has 0 saturated heterocycles. The van der Waals surface area contributed by atoms with Crippen LogP contribution < -0.4 is 0 Å². The highest BCUT2D eigenvalue weighted by Gasteiger charge is 2.33. The highest BCUT2D eigenvalue weighted by atomic mass is 14.4. The minimum absolute atomic E-state index is 0.747. The molecule has 4 aromatic rings. The van der Waals surface area contributed by atoms with Crippen molar-refractivity contribution in [2.75, 3.05) is 0 Å². The molecule has 0 aromatic heterocycles. The first kappa shape index (κ1) is 12.1. The molecule has 0 saturated carbocycles. The maximum atomic E-state index is 2.57. The largest absolute Gasteiger partial charge is 0.0801 e. The SMILES string of the molecule is C1=C2CCc3ccc4ccc5ccc6c7c(c2c3c4c57)C(C1)CC6.